The minimum absolute atomic E-state index is 0. The Labute approximate surface area is 287 Å². The molecule has 0 spiro atoms. The number of likely N-dealkylation sites (tertiary alicyclic amines) is 1. The Balaban J connectivity index is 0.00000616. The fourth-order valence-electron chi connectivity index (χ4n) is 6.10. The highest BCUT2D eigenvalue weighted by Crippen LogP contribution is 2.27. The molecule has 0 radical (unpaired) electrons. The average Bonchev–Trinajstić information content (AvgIpc) is 2.94. The van der Waals surface area contributed by atoms with Crippen molar-refractivity contribution >= 4 is 37.2 Å². The van der Waals surface area contributed by atoms with Crippen LogP contribution in [0.2, 0.25) is 0 Å². The Kier molecular flexibility index (Phi) is 20.6. The molecule has 1 saturated heterocycles. The van der Waals surface area contributed by atoms with Crippen LogP contribution in [0.3, 0.4) is 0 Å². The lowest BCUT2D eigenvalue weighted by Crippen LogP contribution is -2.45. The van der Waals surface area contributed by atoms with Gasteiger partial charge in [0.2, 0.25) is 0 Å². The maximum atomic E-state index is 9.39. The quantitative estimate of drug-likeness (QED) is 0.185. The molecule has 0 amide bonds. The normalized spacial score (nSPS) is 16.5. The van der Waals surface area contributed by atoms with Crippen LogP contribution in [-0.4, -0.2) is 78.5 Å². The van der Waals surface area contributed by atoms with Gasteiger partial charge in [0.05, 0.1) is 13.2 Å². The second-order valence-corrected chi connectivity index (χ2v) is 14.1. The molecule has 3 rings (SSSR count). The lowest BCUT2D eigenvalue weighted by molar-refractivity contribution is 0.110. The summed E-state index contributed by atoms with van der Waals surface area (Å²) in [6.45, 7) is 19.4. The highest BCUT2D eigenvalue weighted by Gasteiger charge is 2.23. The maximum Gasteiger partial charge on any atom is 0.0558 e. The van der Waals surface area contributed by atoms with Crippen LogP contribution in [0.5, 0.6) is 0 Å². The lowest BCUT2D eigenvalue weighted by Gasteiger charge is -2.37. The van der Waals surface area contributed by atoms with Crippen molar-refractivity contribution in [1.82, 2.24) is 15.1 Å². The van der Waals surface area contributed by atoms with Gasteiger partial charge in [0.1, 0.15) is 0 Å². The first kappa shape index (κ1) is 43.1. The molecule has 1 aliphatic heterocycles. The van der Waals surface area contributed by atoms with Gasteiger partial charge in [0.15, 0.2) is 0 Å². The van der Waals surface area contributed by atoms with Crippen molar-refractivity contribution in [2.24, 2.45) is 0 Å². The number of hydrogen-bond acceptors (Lipinski definition) is 5. The van der Waals surface area contributed by atoms with Gasteiger partial charge in [-0.15, -0.1) is 37.2 Å². The van der Waals surface area contributed by atoms with Crippen LogP contribution in [0.25, 0.3) is 0 Å². The van der Waals surface area contributed by atoms with Crippen LogP contribution >= 0.6 is 37.2 Å². The fourth-order valence-corrected chi connectivity index (χ4v) is 6.10. The van der Waals surface area contributed by atoms with E-state index in [0.29, 0.717) is 25.2 Å². The summed E-state index contributed by atoms with van der Waals surface area (Å²) in [5.74, 6) is 0. The van der Waals surface area contributed by atoms with Gasteiger partial charge in [-0.3, -0.25) is 9.80 Å². The first-order chi connectivity index (χ1) is 19.5. The molecule has 1 aliphatic rings. The minimum atomic E-state index is 0. The highest BCUT2D eigenvalue weighted by molar-refractivity contribution is 5.86. The van der Waals surface area contributed by atoms with E-state index >= 15 is 0 Å². The zero-order valence-corrected chi connectivity index (χ0v) is 30.6. The number of rotatable bonds is 15. The zero-order chi connectivity index (χ0) is 29.9. The summed E-state index contributed by atoms with van der Waals surface area (Å²) in [5, 5.41) is 22.7. The first-order valence-electron chi connectivity index (χ1n) is 16.1. The lowest BCUT2D eigenvalue weighted by atomic mass is 9.85. The number of halogens is 3. The third-order valence-corrected chi connectivity index (χ3v) is 8.87. The van der Waals surface area contributed by atoms with Gasteiger partial charge < -0.3 is 15.5 Å². The predicted octanol–water partition coefficient (Wildman–Crippen LogP) is 7.34. The zero-order valence-electron chi connectivity index (χ0n) is 28.2. The molecule has 0 saturated carbocycles. The molecule has 1 fully saturated rings. The van der Waals surface area contributed by atoms with Crippen LogP contribution in [0, 0.1) is 0 Å². The second kappa shape index (κ2) is 21.1. The molecule has 1 heterocycles. The van der Waals surface area contributed by atoms with Crippen molar-refractivity contribution in [1.29, 1.82) is 0 Å². The van der Waals surface area contributed by atoms with Crippen LogP contribution in [0.4, 0.5) is 0 Å². The Morgan fingerprint density at radius 1 is 0.795 bits per heavy atom. The fraction of sp³-hybridized carbons (Fsp3) is 0.667. The van der Waals surface area contributed by atoms with E-state index < -0.39 is 0 Å². The van der Waals surface area contributed by atoms with Gasteiger partial charge in [0.25, 0.3) is 0 Å². The molecule has 0 bridgehead atoms. The number of nitrogens with one attached hydrogen (secondary N) is 1. The Morgan fingerprint density at radius 2 is 1.34 bits per heavy atom. The first-order valence-corrected chi connectivity index (χ1v) is 16.1. The molecule has 3 N–H and O–H groups in total. The van der Waals surface area contributed by atoms with Gasteiger partial charge in [-0.05, 0) is 78.3 Å². The summed E-state index contributed by atoms with van der Waals surface area (Å²) in [5.41, 5.74) is 5.89. The standard InChI is InChI=1S/C36H59N3O2.3ClH/c1-35(2,3)31-15-10-29(11-16-31)12-19-34(30-13-17-32(18-14-30)36(4,5)6)37-21-24-39-22-8-7-9-33(39)20-23-38(25-27-40)26-28-41;;;/h10-11,13-18,33-34,37,40-41H,7-9,12,19-28H2,1-6H3;3*1H. The van der Waals surface area contributed by atoms with Crippen LogP contribution in [0.1, 0.15) is 102 Å². The topological polar surface area (TPSA) is 59.0 Å². The van der Waals surface area contributed by atoms with Gasteiger partial charge >= 0.3 is 0 Å². The van der Waals surface area contributed by atoms with E-state index in [4.69, 9.17) is 0 Å². The van der Waals surface area contributed by atoms with Crippen molar-refractivity contribution in [2.75, 3.05) is 52.5 Å². The molecule has 0 aliphatic carbocycles. The van der Waals surface area contributed by atoms with Crippen LogP contribution in [-0.2, 0) is 17.3 Å². The largest absolute Gasteiger partial charge is 0.395 e. The molecule has 44 heavy (non-hydrogen) atoms. The average molecular weight is 675 g/mol. The molecular weight excluding hydrogens is 613 g/mol. The molecule has 254 valence electrons. The van der Waals surface area contributed by atoms with E-state index in [0.717, 1.165) is 45.4 Å². The molecule has 2 unspecified atom stereocenters. The third kappa shape index (κ3) is 14.3. The predicted molar refractivity (Wildman–Crippen MR) is 196 cm³/mol. The van der Waals surface area contributed by atoms with E-state index in [1.807, 2.05) is 0 Å². The van der Waals surface area contributed by atoms with Gasteiger partial charge in [-0.1, -0.05) is 96.5 Å². The smallest absolute Gasteiger partial charge is 0.0558 e. The Bertz CT molecular complexity index is 1000. The van der Waals surface area contributed by atoms with Gasteiger partial charge in [0, 0.05) is 38.3 Å². The summed E-state index contributed by atoms with van der Waals surface area (Å²) >= 11 is 0. The number of aliphatic hydroxyl groups excluding tert-OH is 2. The second-order valence-electron chi connectivity index (χ2n) is 14.1. The van der Waals surface area contributed by atoms with Crippen molar-refractivity contribution in [3.05, 3.63) is 70.8 Å². The number of benzene rings is 2. The molecule has 2 atom stereocenters. The molecular formula is C36H62Cl3N3O2. The van der Waals surface area contributed by atoms with Crippen molar-refractivity contribution in [3.8, 4) is 0 Å². The summed E-state index contributed by atoms with van der Waals surface area (Å²) in [6.07, 6.45) is 7.04. The highest BCUT2D eigenvalue weighted by atomic mass is 35.5. The minimum Gasteiger partial charge on any atom is -0.395 e. The van der Waals surface area contributed by atoms with Crippen molar-refractivity contribution in [2.45, 2.75) is 103 Å². The van der Waals surface area contributed by atoms with E-state index in [1.54, 1.807) is 0 Å². The third-order valence-electron chi connectivity index (χ3n) is 8.87. The number of aliphatic hydroxyl groups is 2. The van der Waals surface area contributed by atoms with Crippen LogP contribution in [0.15, 0.2) is 48.5 Å². The number of piperidine rings is 1. The molecule has 2 aromatic carbocycles. The summed E-state index contributed by atoms with van der Waals surface area (Å²) < 4.78 is 0. The van der Waals surface area contributed by atoms with Gasteiger partial charge in [-0.2, -0.15) is 0 Å². The molecule has 5 nitrogen and oxygen atoms in total. The van der Waals surface area contributed by atoms with Crippen molar-refractivity contribution < 1.29 is 10.2 Å². The van der Waals surface area contributed by atoms with Crippen LogP contribution < -0.4 is 5.32 Å². The van der Waals surface area contributed by atoms with Crippen molar-refractivity contribution in [3.63, 3.8) is 0 Å². The van der Waals surface area contributed by atoms with E-state index in [2.05, 4.69) is 105 Å². The summed E-state index contributed by atoms with van der Waals surface area (Å²) in [7, 11) is 0. The number of nitrogens with zero attached hydrogens (tertiary/aromatic N) is 2. The Morgan fingerprint density at radius 3 is 1.86 bits per heavy atom. The molecule has 8 heteroatoms. The monoisotopic (exact) mass is 673 g/mol. The summed E-state index contributed by atoms with van der Waals surface area (Å²) in [4.78, 5) is 4.87. The molecule has 0 aromatic heterocycles. The molecule has 2 aromatic rings. The maximum absolute atomic E-state index is 9.39. The number of aryl methyl sites for hydroxylation is 1. The van der Waals surface area contributed by atoms with Gasteiger partial charge in [-0.25, -0.2) is 0 Å². The summed E-state index contributed by atoms with van der Waals surface area (Å²) in [6, 6.07) is 19.4. The Hall–Kier alpha value is -0.890. The van der Waals surface area contributed by atoms with E-state index in [9.17, 15) is 10.2 Å². The van der Waals surface area contributed by atoms with E-state index in [-0.39, 0.29) is 61.3 Å². The van der Waals surface area contributed by atoms with E-state index in [1.165, 1.54) is 41.5 Å². The number of hydrogen-bond donors (Lipinski definition) is 3. The SMILES string of the molecule is CC(C)(C)c1ccc(CCC(NCCN2CCCCC2CCN(CCO)CCO)c2ccc(C(C)(C)C)cc2)cc1.Cl.Cl.Cl.